The molecule has 9 atom stereocenters. The molecule has 0 aromatic carbocycles. The molecule has 3 aliphatic heterocycles. The van der Waals surface area contributed by atoms with Gasteiger partial charge in [0.15, 0.2) is 0 Å². The molecule has 0 amide bonds. The first-order chi connectivity index (χ1) is 15.2. The Bertz CT molecular complexity index is 670. The van der Waals surface area contributed by atoms with Crippen LogP contribution in [-0.4, -0.2) is 92.8 Å². The molecule has 4 aliphatic rings. The molecule has 11 heteroatoms. The Hall–Kier alpha value is -0.445. The first kappa shape index (κ1) is 24.7. The lowest BCUT2D eigenvalue weighted by atomic mass is 9.43. The number of ether oxygens (including phenoxy) is 1. The lowest BCUT2D eigenvalue weighted by Gasteiger charge is -2.46. The van der Waals surface area contributed by atoms with Gasteiger partial charge in [-0.2, -0.15) is 0 Å². The number of halogens is 2. The van der Waals surface area contributed by atoms with Gasteiger partial charge in [-0.05, 0) is 51.6 Å². The summed E-state index contributed by atoms with van der Waals surface area (Å²) in [7, 11) is 16.9. The van der Waals surface area contributed by atoms with Gasteiger partial charge in [0.05, 0.1) is 35.8 Å². The van der Waals surface area contributed by atoms with Gasteiger partial charge in [0, 0.05) is 31.2 Å². The van der Waals surface area contributed by atoms with Crippen LogP contribution >= 0.6 is 0 Å². The van der Waals surface area contributed by atoms with E-state index in [1.807, 2.05) is 0 Å². The second-order valence-electron chi connectivity index (χ2n) is 9.92. The fourth-order valence-electron chi connectivity index (χ4n) is 5.63. The third kappa shape index (κ3) is 5.78. The molecule has 1 saturated carbocycles. The quantitative estimate of drug-likeness (QED) is 0.288. The largest absolute Gasteiger partial charge is 0.377 e. The predicted octanol–water partition coefficient (Wildman–Crippen LogP) is -0.285. The van der Waals surface area contributed by atoms with E-state index in [0.717, 1.165) is 37.9 Å². The number of hydrogen-bond donors (Lipinski definition) is 5. The fraction of sp³-hybridized carbons (Fsp3) is 0.905. The van der Waals surface area contributed by atoms with Crippen LogP contribution in [0.4, 0.5) is 8.78 Å². The van der Waals surface area contributed by atoms with Crippen LogP contribution in [0.15, 0.2) is 11.6 Å². The number of fused-ring (bicyclic) bond motifs is 1. The van der Waals surface area contributed by atoms with Gasteiger partial charge in [0.25, 0.3) is 0 Å². The first-order valence-corrected chi connectivity index (χ1v) is 11.9. The van der Waals surface area contributed by atoms with Gasteiger partial charge in [0.1, 0.15) is 18.6 Å². The highest BCUT2D eigenvalue weighted by atomic mass is 19.1. The molecule has 3 fully saturated rings. The summed E-state index contributed by atoms with van der Waals surface area (Å²) in [6, 6.07) is -0.823. The second kappa shape index (κ2) is 10.4. The summed E-state index contributed by atoms with van der Waals surface area (Å²) in [5.41, 5.74) is 1.16. The topological polar surface area (TPSA) is 69.4 Å². The van der Waals surface area contributed by atoms with Crippen molar-refractivity contribution in [2.45, 2.75) is 80.7 Å². The Morgan fingerprint density at radius 2 is 2.03 bits per heavy atom. The van der Waals surface area contributed by atoms with Gasteiger partial charge in [0.2, 0.25) is 0 Å². The van der Waals surface area contributed by atoms with E-state index in [0.29, 0.717) is 18.9 Å². The summed E-state index contributed by atoms with van der Waals surface area (Å²) < 4.78 is 36.8. The predicted molar refractivity (Wildman–Crippen MR) is 124 cm³/mol. The lowest BCUT2D eigenvalue weighted by Crippen LogP contribution is -2.74. The molecule has 6 nitrogen and oxygen atoms in total. The molecule has 0 aromatic rings. The number of alkyl halides is 2. The van der Waals surface area contributed by atoms with Crippen molar-refractivity contribution in [3.63, 3.8) is 0 Å². The summed E-state index contributed by atoms with van der Waals surface area (Å²) in [5.74, 6) is 0.0719. The third-order valence-electron chi connectivity index (χ3n) is 7.24. The van der Waals surface area contributed by atoms with E-state index in [1.54, 1.807) is 6.92 Å². The molecule has 0 bridgehead atoms. The van der Waals surface area contributed by atoms with Gasteiger partial charge >= 0.3 is 0 Å². The summed E-state index contributed by atoms with van der Waals surface area (Å²) in [6.45, 7) is 4.19. The van der Waals surface area contributed by atoms with Crippen LogP contribution in [0, 0.1) is 11.8 Å². The average molecular weight is 443 g/mol. The first-order valence-electron chi connectivity index (χ1n) is 11.9. The number of hydrogen-bond acceptors (Lipinski definition) is 6. The maximum absolute atomic E-state index is 16.0. The highest BCUT2D eigenvalue weighted by molar-refractivity contribution is 6.59. The average Bonchev–Trinajstić information content (AvgIpc) is 3.02. The molecule has 2 saturated heterocycles. The van der Waals surface area contributed by atoms with Crippen LogP contribution < -0.4 is 26.6 Å². The minimum absolute atomic E-state index is 0.0328. The zero-order chi connectivity index (χ0) is 22.9. The van der Waals surface area contributed by atoms with Crippen molar-refractivity contribution < 1.29 is 13.5 Å². The Morgan fingerprint density at radius 3 is 2.81 bits per heavy atom. The third-order valence-corrected chi connectivity index (χ3v) is 7.24. The van der Waals surface area contributed by atoms with E-state index in [9.17, 15) is 4.39 Å². The maximum Gasteiger partial charge on any atom is 0.143 e. The van der Waals surface area contributed by atoms with Gasteiger partial charge in [-0.1, -0.05) is 11.6 Å². The minimum atomic E-state index is -1.45. The lowest BCUT2D eigenvalue weighted by molar-refractivity contribution is -0.0283. The summed E-state index contributed by atoms with van der Waals surface area (Å²) >= 11 is 0. The van der Waals surface area contributed by atoms with E-state index in [1.165, 1.54) is 0 Å². The van der Waals surface area contributed by atoms with Crippen molar-refractivity contribution in [2.24, 2.45) is 11.8 Å². The molecule has 1 aliphatic carbocycles. The van der Waals surface area contributed by atoms with E-state index >= 15 is 4.39 Å². The van der Waals surface area contributed by atoms with Gasteiger partial charge in [-0.25, -0.2) is 8.78 Å². The molecular formula is C21H34B3F2N5O. The summed E-state index contributed by atoms with van der Waals surface area (Å²) in [4.78, 5) is 0. The smallest absolute Gasteiger partial charge is 0.143 e. The second-order valence-corrected chi connectivity index (χ2v) is 9.92. The monoisotopic (exact) mass is 443 g/mol. The standard InChI is InChI=1S/C21H34B3F2N5O/c1-11-16(25)19(28-10-21(22,23)24)31-20(29-11)30-14-9-13-5-8-32-18(13)15(17(14)26)12-3-2-6-27-7-4-12/h4,11,13-20,27-31H,2-3,5-10H2,1H3. The van der Waals surface area contributed by atoms with Crippen LogP contribution in [0.25, 0.3) is 0 Å². The molecule has 172 valence electrons. The maximum atomic E-state index is 16.0. The minimum Gasteiger partial charge on any atom is -0.377 e. The molecule has 0 aromatic heterocycles. The van der Waals surface area contributed by atoms with Crippen molar-refractivity contribution in [2.75, 3.05) is 26.2 Å². The summed E-state index contributed by atoms with van der Waals surface area (Å²) in [5, 5.41) is 14.6. The van der Waals surface area contributed by atoms with Crippen LogP contribution in [0.2, 0.25) is 5.11 Å². The Balaban J connectivity index is 1.44. The van der Waals surface area contributed by atoms with Crippen molar-refractivity contribution in [1.29, 1.82) is 0 Å². The zero-order valence-electron chi connectivity index (χ0n) is 18.8. The molecule has 5 N–H and O–H groups in total. The molecule has 6 radical (unpaired) electrons. The van der Waals surface area contributed by atoms with Crippen LogP contribution in [-0.2, 0) is 4.74 Å². The van der Waals surface area contributed by atoms with Crippen molar-refractivity contribution >= 4 is 23.5 Å². The van der Waals surface area contributed by atoms with Crippen molar-refractivity contribution in [3.8, 4) is 0 Å². The van der Waals surface area contributed by atoms with E-state index in [-0.39, 0.29) is 24.6 Å². The highest BCUT2D eigenvalue weighted by Crippen LogP contribution is 2.44. The summed E-state index contributed by atoms with van der Waals surface area (Å²) in [6.07, 6.45) is 2.13. The molecule has 0 spiro atoms. The molecular weight excluding hydrogens is 409 g/mol. The van der Waals surface area contributed by atoms with E-state index in [4.69, 9.17) is 28.3 Å². The number of nitrogens with one attached hydrogen (secondary N) is 5. The molecule has 3 heterocycles. The van der Waals surface area contributed by atoms with Gasteiger partial charge < -0.3 is 15.4 Å². The van der Waals surface area contributed by atoms with E-state index < -0.39 is 36.0 Å². The molecule has 4 rings (SSSR count). The normalized spacial score (nSPS) is 43.3. The van der Waals surface area contributed by atoms with Gasteiger partial charge in [-0.15, -0.1) is 5.11 Å². The van der Waals surface area contributed by atoms with E-state index in [2.05, 4.69) is 32.7 Å². The zero-order valence-corrected chi connectivity index (χ0v) is 18.8. The van der Waals surface area contributed by atoms with Crippen molar-refractivity contribution in [1.82, 2.24) is 26.6 Å². The Morgan fingerprint density at radius 1 is 1.22 bits per heavy atom. The Labute approximate surface area is 194 Å². The van der Waals surface area contributed by atoms with Crippen LogP contribution in [0.3, 0.4) is 0 Å². The SMILES string of the molecule is [B]C([B])([B])CNC1NC(NC2CC3CCOC3C(C3=CCNCCC3)C2F)NC(C)C1F. The Kier molecular flexibility index (Phi) is 8.05. The van der Waals surface area contributed by atoms with Gasteiger partial charge in [-0.3, -0.25) is 16.0 Å². The van der Waals surface area contributed by atoms with Crippen molar-refractivity contribution in [3.05, 3.63) is 11.6 Å². The fourth-order valence-corrected chi connectivity index (χ4v) is 5.63. The van der Waals surface area contributed by atoms with Crippen LogP contribution in [0.5, 0.6) is 0 Å². The molecule has 9 unspecified atom stereocenters. The molecule has 32 heavy (non-hydrogen) atoms. The highest BCUT2D eigenvalue weighted by Gasteiger charge is 2.50. The number of rotatable bonds is 6. The van der Waals surface area contributed by atoms with Crippen LogP contribution in [0.1, 0.15) is 32.6 Å².